The highest BCUT2D eigenvalue weighted by Crippen LogP contribution is 2.15. The Morgan fingerprint density at radius 2 is 1.26 bits per heavy atom. The van der Waals surface area contributed by atoms with Gasteiger partial charge in [-0.2, -0.15) is 0 Å². The fourth-order valence-electron chi connectivity index (χ4n) is 2.80. The molecule has 0 saturated heterocycles. The Balaban J connectivity index is 3.21. The van der Waals surface area contributed by atoms with Gasteiger partial charge in [0, 0.05) is 0 Å². The van der Waals surface area contributed by atoms with E-state index in [9.17, 15) is 4.79 Å². The van der Waals surface area contributed by atoms with E-state index in [1.54, 1.807) is 0 Å². The van der Waals surface area contributed by atoms with E-state index >= 15 is 0 Å². The van der Waals surface area contributed by atoms with E-state index in [-0.39, 0.29) is 5.92 Å². The second-order valence-electron chi connectivity index (χ2n) is 6.61. The molecule has 0 aromatic carbocycles. The molecule has 0 aromatic heterocycles. The molecular weight excluding hydrogens is 284 g/mol. The summed E-state index contributed by atoms with van der Waals surface area (Å²) < 4.78 is 0. The number of unbranched alkanes of at least 4 members (excludes halogenated alkanes) is 11. The number of carboxylic acids is 1. The van der Waals surface area contributed by atoms with Gasteiger partial charge in [0.1, 0.15) is 0 Å². The highest BCUT2D eigenvalue weighted by atomic mass is 16.4. The molecule has 23 heavy (non-hydrogen) atoms. The van der Waals surface area contributed by atoms with Crippen molar-refractivity contribution in [2.45, 2.75) is 104 Å². The van der Waals surface area contributed by atoms with E-state index in [1.165, 1.54) is 70.6 Å². The SMILES string of the molecule is CCCCCC/C=C\CCCCCCCC[CH]C(CC)C(=O)O. The number of rotatable bonds is 17. The van der Waals surface area contributed by atoms with Crippen molar-refractivity contribution in [1.82, 2.24) is 0 Å². The molecule has 1 radical (unpaired) electrons. The molecule has 0 rings (SSSR count). The van der Waals surface area contributed by atoms with Crippen LogP contribution in [0.2, 0.25) is 0 Å². The second kappa shape index (κ2) is 17.6. The van der Waals surface area contributed by atoms with Crippen molar-refractivity contribution in [1.29, 1.82) is 0 Å². The Morgan fingerprint density at radius 1 is 0.783 bits per heavy atom. The van der Waals surface area contributed by atoms with Crippen LogP contribution in [0, 0.1) is 12.3 Å². The third kappa shape index (κ3) is 15.9. The molecule has 0 amide bonds. The van der Waals surface area contributed by atoms with Crippen molar-refractivity contribution < 1.29 is 9.90 Å². The van der Waals surface area contributed by atoms with E-state index in [0.29, 0.717) is 6.42 Å². The molecule has 0 aliphatic rings. The largest absolute Gasteiger partial charge is 0.481 e. The predicted molar refractivity (Wildman–Crippen MR) is 101 cm³/mol. The first kappa shape index (κ1) is 22.2. The number of aliphatic carboxylic acids is 1. The topological polar surface area (TPSA) is 37.3 Å². The molecule has 0 fully saturated rings. The van der Waals surface area contributed by atoms with Crippen LogP contribution in [0.4, 0.5) is 0 Å². The minimum absolute atomic E-state index is 0.247. The summed E-state index contributed by atoms with van der Waals surface area (Å²) in [4.78, 5) is 10.9. The molecule has 0 aliphatic carbocycles. The average Bonchev–Trinajstić information content (AvgIpc) is 2.54. The Labute approximate surface area is 144 Å². The van der Waals surface area contributed by atoms with Gasteiger partial charge in [0.05, 0.1) is 5.92 Å². The third-order valence-corrected chi connectivity index (χ3v) is 4.42. The maximum atomic E-state index is 10.9. The lowest BCUT2D eigenvalue weighted by atomic mass is 9.98. The fourth-order valence-corrected chi connectivity index (χ4v) is 2.80. The predicted octanol–water partition coefficient (Wildman–Crippen LogP) is 6.95. The Morgan fingerprint density at radius 3 is 1.74 bits per heavy atom. The van der Waals surface area contributed by atoms with Gasteiger partial charge in [-0.05, 0) is 44.9 Å². The van der Waals surface area contributed by atoms with Crippen LogP contribution in [0.5, 0.6) is 0 Å². The smallest absolute Gasteiger partial charge is 0.306 e. The van der Waals surface area contributed by atoms with Gasteiger partial charge in [-0.1, -0.05) is 77.4 Å². The zero-order valence-corrected chi connectivity index (χ0v) is 15.6. The summed E-state index contributed by atoms with van der Waals surface area (Å²) in [6.07, 6.45) is 23.9. The first-order chi connectivity index (χ1) is 11.2. The number of carboxylic acid groups (broad SMARTS) is 1. The number of allylic oxidation sites excluding steroid dienone is 2. The average molecular weight is 324 g/mol. The van der Waals surface area contributed by atoms with Crippen LogP contribution in [-0.2, 0) is 4.79 Å². The van der Waals surface area contributed by atoms with Crippen LogP contribution in [0.15, 0.2) is 12.2 Å². The standard InChI is InChI=1S/C21H39O2/c1-3-5-6-7-8-9-10-11-12-13-14-15-16-17-18-19-20(4-2)21(22)23/h9-10,19-20H,3-8,11-18H2,1-2H3,(H,22,23)/b10-9-. The monoisotopic (exact) mass is 323 g/mol. The lowest BCUT2D eigenvalue weighted by molar-refractivity contribution is -0.140. The molecule has 2 heteroatoms. The Bertz CT molecular complexity index is 284. The van der Waals surface area contributed by atoms with Crippen LogP contribution >= 0.6 is 0 Å². The molecular formula is C21H39O2. The van der Waals surface area contributed by atoms with Crippen LogP contribution < -0.4 is 0 Å². The van der Waals surface area contributed by atoms with Gasteiger partial charge in [-0.15, -0.1) is 0 Å². The molecule has 1 unspecified atom stereocenters. The molecule has 1 atom stereocenters. The number of hydrogen-bond acceptors (Lipinski definition) is 1. The highest BCUT2D eigenvalue weighted by Gasteiger charge is 2.13. The van der Waals surface area contributed by atoms with Gasteiger partial charge >= 0.3 is 5.97 Å². The van der Waals surface area contributed by atoms with Gasteiger partial charge in [0.15, 0.2) is 0 Å². The van der Waals surface area contributed by atoms with Gasteiger partial charge in [-0.25, -0.2) is 0 Å². The zero-order valence-electron chi connectivity index (χ0n) is 15.6. The van der Waals surface area contributed by atoms with Gasteiger partial charge in [0.25, 0.3) is 0 Å². The van der Waals surface area contributed by atoms with Crippen LogP contribution in [-0.4, -0.2) is 11.1 Å². The summed E-state index contributed by atoms with van der Waals surface area (Å²) in [5.41, 5.74) is 0. The van der Waals surface area contributed by atoms with E-state index in [1.807, 2.05) is 13.3 Å². The molecule has 0 aromatic rings. The summed E-state index contributed by atoms with van der Waals surface area (Å²) in [6.45, 7) is 4.20. The van der Waals surface area contributed by atoms with Crippen molar-refractivity contribution in [2.75, 3.05) is 0 Å². The maximum Gasteiger partial charge on any atom is 0.306 e. The Kier molecular flexibility index (Phi) is 17.0. The summed E-state index contributed by atoms with van der Waals surface area (Å²) in [5, 5.41) is 8.95. The maximum absolute atomic E-state index is 10.9. The minimum atomic E-state index is -0.675. The van der Waals surface area contributed by atoms with Gasteiger partial charge in [0.2, 0.25) is 0 Å². The molecule has 0 heterocycles. The van der Waals surface area contributed by atoms with Crippen LogP contribution in [0.1, 0.15) is 104 Å². The van der Waals surface area contributed by atoms with E-state index in [0.717, 1.165) is 12.8 Å². The molecule has 0 bridgehead atoms. The first-order valence-electron chi connectivity index (χ1n) is 9.93. The highest BCUT2D eigenvalue weighted by molar-refractivity contribution is 5.71. The molecule has 0 saturated carbocycles. The molecule has 2 nitrogen and oxygen atoms in total. The minimum Gasteiger partial charge on any atom is -0.481 e. The van der Waals surface area contributed by atoms with Gasteiger partial charge in [-0.3, -0.25) is 4.79 Å². The lowest BCUT2D eigenvalue weighted by Crippen LogP contribution is -2.12. The quantitative estimate of drug-likeness (QED) is 0.232. The molecule has 0 aliphatic heterocycles. The van der Waals surface area contributed by atoms with E-state index < -0.39 is 5.97 Å². The summed E-state index contributed by atoms with van der Waals surface area (Å²) >= 11 is 0. The lowest BCUT2D eigenvalue weighted by Gasteiger charge is -2.08. The van der Waals surface area contributed by atoms with Crippen molar-refractivity contribution in [3.8, 4) is 0 Å². The van der Waals surface area contributed by atoms with Gasteiger partial charge < -0.3 is 5.11 Å². The number of carbonyl (C=O) groups is 1. The van der Waals surface area contributed by atoms with Crippen molar-refractivity contribution >= 4 is 5.97 Å². The molecule has 0 spiro atoms. The van der Waals surface area contributed by atoms with E-state index in [4.69, 9.17) is 5.11 Å². The van der Waals surface area contributed by atoms with Crippen molar-refractivity contribution in [3.63, 3.8) is 0 Å². The van der Waals surface area contributed by atoms with Crippen LogP contribution in [0.25, 0.3) is 0 Å². The molecule has 1 N–H and O–H groups in total. The normalized spacial score (nSPS) is 12.8. The summed E-state index contributed by atoms with van der Waals surface area (Å²) in [5.74, 6) is -0.922. The number of hydrogen-bond donors (Lipinski definition) is 1. The van der Waals surface area contributed by atoms with Crippen molar-refractivity contribution in [2.24, 2.45) is 5.92 Å². The third-order valence-electron chi connectivity index (χ3n) is 4.42. The first-order valence-corrected chi connectivity index (χ1v) is 9.93. The Hall–Kier alpha value is -0.790. The summed E-state index contributed by atoms with van der Waals surface area (Å²) in [7, 11) is 0. The van der Waals surface area contributed by atoms with E-state index in [2.05, 4.69) is 19.1 Å². The second-order valence-corrected chi connectivity index (χ2v) is 6.61. The molecule has 135 valence electrons. The van der Waals surface area contributed by atoms with Crippen LogP contribution in [0.3, 0.4) is 0 Å². The summed E-state index contributed by atoms with van der Waals surface area (Å²) in [6, 6.07) is 0. The fraction of sp³-hybridized carbons (Fsp3) is 0.810. The zero-order chi connectivity index (χ0) is 17.2. The van der Waals surface area contributed by atoms with Crippen molar-refractivity contribution in [3.05, 3.63) is 18.6 Å².